The highest BCUT2D eigenvalue weighted by atomic mass is 16.6. The first-order chi connectivity index (χ1) is 7.78. The molecule has 0 heterocycles. The lowest BCUT2D eigenvalue weighted by Gasteiger charge is -2.22. The molecule has 0 aromatic rings. The zero-order valence-electron chi connectivity index (χ0n) is 10.8. The summed E-state index contributed by atoms with van der Waals surface area (Å²) in [5.74, 6) is -0.445. The molecule has 1 amide bonds. The van der Waals surface area contributed by atoms with Crippen LogP contribution in [-0.2, 0) is 14.3 Å². The van der Waals surface area contributed by atoms with Crippen LogP contribution in [0.1, 0.15) is 33.6 Å². The Hall–Kier alpha value is -1.30. The van der Waals surface area contributed by atoms with E-state index in [1.807, 2.05) is 0 Å². The highest BCUT2D eigenvalue weighted by Gasteiger charge is 2.21. The minimum atomic E-state index is -0.611. The summed E-state index contributed by atoms with van der Waals surface area (Å²) in [5.41, 5.74) is -0.598. The van der Waals surface area contributed by atoms with Crippen molar-refractivity contribution in [3.05, 3.63) is 0 Å². The van der Waals surface area contributed by atoms with Crippen LogP contribution in [-0.4, -0.2) is 42.5 Å². The number of amides is 1. The molecule has 0 aromatic carbocycles. The van der Waals surface area contributed by atoms with Crippen LogP contribution in [0.4, 0.5) is 4.79 Å². The van der Waals surface area contributed by atoms with Crippen molar-refractivity contribution in [3.63, 3.8) is 0 Å². The molecule has 0 aliphatic carbocycles. The zero-order valence-corrected chi connectivity index (χ0v) is 10.8. The Bertz CT molecular complexity index is 259. The molecule has 100 valence electrons. The Labute approximate surface area is 101 Å². The van der Waals surface area contributed by atoms with Crippen LogP contribution < -0.4 is 5.32 Å². The van der Waals surface area contributed by atoms with Gasteiger partial charge >= 0.3 is 12.1 Å². The highest BCUT2D eigenvalue weighted by Crippen LogP contribution is 2.08. The van der Waals surface area contributed by atoms with Crippen molar-refractivity contribution in [2.45, 2.75) is 45.3 Å². The van der Waals surface area contributed by atoms with Gasteiger partial charge in [-0.15, -0.1) is 0 Å². The number of aliphatic hydroxyl groups is 1. The fourth-order valence-electron chi connectivity index (χ4n) is 1.14. The van der Waals surface area contributed by atoms with Crippen LogP contribution >= 0.6 is 0 Å². The van der Waals surface area contributed by atoms with E-state index in [9.17, 15) is 9.59 Å². The van der Waals surface area contributed by atoms with Crippen molar-refractivity contribution in [2.75, 3.05) is 13.7 Å². The van der Waals surface area contributed by atoms with Gasteiger partial charge in [-0.05, 0) is 27.2 Å². The number of aliphatic hydroxyl groups excluding tert-OH is 1. The molecular formula is C11H21NO5. The first kappa shape index (κ1) is 15.7. The molecule has 0 aliphatic rings. The summed E-state index contributed by atoms with van der Waals surface area (Å²) < 4.78 is 9.54. The molecular weight excluding hydrogens is 226 g/mol. The van der Waals surface area contributed by atoms with Crippen LogP contribution in [0.5, 0.6) is 0 Å². The fourth-order valence-corrected chi connectivity index (χ4v) is 1.14. The minimum absolute atomic E-state index is 0.0102. The quantitative estimate of drug-likeness (QED) is 0.703. The third-order valence-electron chi connectivity index (χ3n) is 1.84. The van der Waals surface area contributed by atoms with Crippen molar-refractivity contribution >= 4 is 12.1 Å². The predicted molar refractivity (Wildman–Crippen MR) is 61.5 cm³/mol. The summed E-state index contributed by atoms with van der Waals surface area (Å²) in [7, 11) is 1.27. The molecule has 0 radical (unpaired) electrons. The Morgan fingerprint density at radius 3 is 2.35 bits per heavy atom. The molecule has 6 heteroatoms. The zero-order chi connectivity index (χ0) is 13.5. The van der Waals surface area contributed by atoms with Crippen molar-refractivity contribution in [3.8, 4) is 0 Å². The van der Waals surface area contributed by atoms with Gasteiger partial charge in [0.2, 0.25) is 0 Å². The van der Waals surface area contributed by atoms with Gasteiger partial charge < -0.3 is 19.9 Å². The number of hydrogen-bond acceptors (Lipinski definition) is 5. The van der Waals surface area contributed by atoms with E-state index < -0.39 is 23.7 Å². The van der Waals surface area contributed by atoms with E-state index >= 15 is 0 Å². The first-order valence-corrected chi connectivity index (χ1v) is 5.45. The molecule has 0 aliphatic heterocycles. The highest BCUT2D eigenvalue weighted by molar-refractivity contribution is 5.72. The van der Waals surface area contributed by atoms with Crippen molar-refractivity contribution < 1.29 is 24.2 Å². The second-order valence-electron chi connectivity index (χ2n) is 4.64. The summed E-state index contributed by atoms with van der Waals surface area (Å²) in [6.45, 7) is 5.10. The lowest BCUT2D eigenvalue weighted by atomic mass is 10.1. The van der Waals surface area contributed by atoms with Crippen LogP contribution in [0.15, 0.2) is 0 Å². The van der Waals surface area contributed by atoms with E-state index in [1.54, 1.807) is 20.8 Å². The van der Waals surface area contributed by atoms with Gasteiger partial charge in [-0.3, -0.25) is 4.79 Å². The third kappa shape index (κ3) is 8.50. The molecule has 0 saturated carbocycles. The topological polar surface area (TPSA) is 84.9 Å². The van der Waals surface area contributed by atoms with Crippen LogP contribution in [0.2, 0.25) is 0 Å². The largest absolute Gasteiger partial charge is 0.469 e. The van der Waals surface area contributed by atoms with Crippen molar-refractivity contribution in [2.24, 2.45) is 0 Å². The second kappa shape index (κ2) is 7.11. The van der Waals surface area contributed by atoms with E-state index in [0.717, 1.165) is 0 Å². The normalized spacial score (nSPS) is 12.8. The van der Waals surface area contributed by atoms with Crippen molar-refractivity contribution in [1.29, 1.82) is 0 Å². The fraction of sp³-hybridized carbons (Fsp3) is 0.818. The number of carbonyl (C=O) groups is 2. The smallest absolute Gasteiger partial charge is 0.407 e. The molecule has 0 aromatic heterocycles. The van der Waals surface area contributed by atoms with Crippen LogP contribution in [0.25, 0.3) is 0 Å². The van der Waals surface area contributed by atoms with Gasteiger partial charge in [0.25, 0.3) is 0 Å². The van der Waals surface area contributed by atoms with Gasteiger partial charge in [-0.25, -0.2) is 4.79 Å². The molecule has 0 unspecified atom stereocenters. The first-order valence-electron chi connectivity index (χ1n) is 5.45. The monoisotopic (exact) mass is 247 g/mol. The van der Waals surface area contributed by atoms with Gasteiger partial charge in [0.1, 0.15) is 5.60 Å². The van der Waals surface area contributed by atoms with E-state index in [2.05, 4.69) is 10.1 Å². The number of carbonyl (C=O) groups excluding carboxylic acids is 2. The Balaban J connectivity index is 4.24. The predicted octanol–water partition coefficient (Wildman–Crippen LogP) is 0.825. The molecule has 0 bridgehead atoms. The number of alkyl carbamates (subject to hydrolysis) is 1. The standard InChI is InChI=1S/C11H21NO5/c1-11(2,3)17-10(15)12-8(5-6-13)7-9(14)16-4/h8,13H,5-7H2,1-4H3,(H,12,15)/t8-/m0/s1. The third-order valence-corrected chi connectivity index (χ3v) is 1.84. The summed E-state index contributed by atoms with van der Waals surface area (Å²) in [4.78, 5) is 22.5. The number of rotatable bonds is 5. The number of esters is 1. The minimum Gasteiger partial charge on any atom is -0.469 e. The SMILES string of the molecule is COC(=O)C[C@H](CCO)NC(=O)OC(C)(C)C. The summed E-state index contributed by atoms with van der Waals surface area (Å²) in [5, 5.41) is 11.3. The lowest BCUT2D eigenvalue weighted by molar-refractivity contribution is -0.141. The van der Waals surface area contributed by atoms with Gasteiger partial charge in [0.05, 0.1) is 13.5 Å². The second-order valence-corrected chi connectivity index (χ2v) is 4.64. The average Bonchev–Trinajstić information content (AvgIpc) is 2.14. The molecule has 0 rings (SSSR count). The van der Waals surface area contributed by atoms with Crippen molar-refractivity contribution in [1.82, 2.24) is 5.32 Å². The van der Waals surface area contributed by atoms with E-state index in [-0.39, 0.29) is 19.4 Å². The number of ether oxygens (including phenoxy) is 2. The van der Waals surface area contributed by atoms with Gasteiger partial charge in [0.15, 0.2) is 0 Å². The Kier molecular flexibility index (Phi) is 6.57. The maximum atomic E-state index is 11.4. The lowest BCUT2D eigenvalue weighted by Crippen LogP contribution is -2.40. The molecule has 17 heavy (non-hydrogen) atoms. The number of methoxy groups -OCH3 is 1. The molecule has 1 atom stereocenters. The van der Waals surface area contributed by atoms with Gasteiger partial charge in [-0.1, -0.05) is 0 Å². The maximum Gasteiger partial charge on any atom is 0.407 e. The van der Waals surface area contributed by atoms with Crippen LogP contribution in [0.3, 0.4) is 0 Å². The van der Waals surface area contributed by atoms with E-state index in [1.165, 1.54) is 7.11 Å². The maximum absolute atomic E-state index is 11.4. The average molecular weight is 247 g/mol. The van der Waals surface area contributed by atoms with Gasteiger partial charge in [-0.2, -0.15) is 0 Å². The molecule has 6 nitrogen and oxygen atoms in total. The Morgan fingerprint density at radius 1 is 1.35 bits per heavy atom. The molecule has 0 spiro atoms. The number of hydrogen-bond donors (Lipinski definition) is 2. The van der Waals surface area contributed by atoms with Crippen LogP contribution in [0, 0.1) is 0 Å². The van der Waals surface area contributed by atoms with Gasteiger partial charge in [0, 0.05) is 12.6 Å². The number of nitrogens with one attached hydrogen (secondary N) is 1. The molecule has 0 fully saturated rings. The summed E-state index contributed by atoms with van der Waals surface area (Å²) in [6, 6.07) is -0.484. The van der Waals surface area contributed by atoms with E-state index in [4.69, 9.17) is 9.84 Å². The summed E-state index contributed by atoms with van der Waals surface area (Å²) >= 11 is 0. The molecule has 0 saturated heterocycles. The van der Waals surface area contributed by atoms with E-state index in [0.29, 0.717) is 0 Å². The molecule has 2 N–H and O–H groups in total. The Morgan fingerprint density at radius 2 is 1.94 bits per heavy atom. The summed E-state index contributed by atoms with van der Waals surface area (Å²) in [6.07, 6.45) is -0.329.